The van der Waals surface area contributed by atoms with Crippen LogP contribution in [0, 0.1) is 0 Å². The number of nitrogen functional groups attached to an aromatic ring is 1. The SMILES string of the molecule is CCCC(C)Nc1nc2ccc(N)cc2[nH]1. The van der Waals surface area contributed by atoms with Crippen molar-refractivity contribution in [1.82, 2.24) is 9.97 Å². The number of imidazole rings is 1. The average molecular weight is 218 g/mol. The number of rotatable bonds is 4. The lowest BCUT2D eigenvalue weighted by atomic mass is 10.2. The van der Waals surface area contributed by atoms with Gasteiger partial charge in [-0.3, -0.25) is 0 Å². The van der Waals surface area contributed by atoms with E-state index in [0.717, 1.165) is 29.1 Å². The van der Waals surface area contributed by atoms with E-state index in [0.29, 0.717) is 6.04 Å². The second-order valence-corrected chi connectivity index (χ2v) is 4.20. The Morgan fingerprint density at radius 2 is 2.31 bits per heavy atom. The van der Waals surface area contributed by atoms with Crippen molar-refractivity contribution in [3.8, 4) is 0 Å². The number of anilines is 2. The van der Waals surface area contributed by atoms with E-state index < -0.39 is 0 Å². The maximum Gasteiger partial charge on any atom is 0.201 e. The van der Waals surface area contributed by atoms with Gasteiger partial charge in [-0.2, -0.15) is 0 Å². The smallest absolute Gasteiger partial charge is 0.201 e. The largest absolute Gasteiger partial charge is 0.399 e. The molecule has 4 N–H and O–H groups in total. The third kappa shape index (κ3) is 2.27. The van der Waals surface area contributed by atoms with Gasteiger partial charge in [0.25, 0.3) is 0 Å². The van der Waals surface area contributed by atoms with Crippen LogP contribution >= 0.6 is 0 Å². The summed E-state index contributed by atoms with van der Waals surface area (Å²) in [7, 11) is 0. The molecule has 0 aliphatic rings. The van der Waals surface area contributed by atoms with Crippen LogP contribution in [0.1, 0.15) is 26.7 Å². The van der Waals surface area contributed by atoms with Crippen LogP contribution in [0.4, 0.5) is 11.6 Å². The van der Waals surface area contributed by atoms with Crippen molar-refractivity contribution >= 4 is 22.7 Å². The number of nitrogens with zero attached hydrogens (tertiary/aromatic N) is 1. The van der Waals surface area contributed by atoms with Crippen LogP contribution in [0.15, 0.2) is 18.2 Å². The van der Waals surface area contributed by atoms with E-state index in [1.807, 2.05) is 18.2 Å². The number of benzene rings is 1. The predicted octanol–water partition coefficient (Wildman–Crippen LogP) is 2.75. The van der Waals surface area contributed by atoms with E-state index in [1.54, 1.807) is 0 Å². The van der Waals surface area contributed by atoms with Gasteiger partial charge in [-0.05, 0) is 31.5 Å². The molecular formula is C12H18N4. The highest BCUT2D eigenvalue weighted by molar-refractivity contribution is 5.80. The van der Waals surface area contributed by atoms with Gasteiger partial charge < -0.3 is 16.0 Å². The number of hydrogen-bond acceptors (Lipinski definition) is 3. The summed E-state index contributed by atoms with van der Waals surface area (Å²) in [6.45, 7) is 4.34. The first-order valence-electron chi connectivity index (χ1n) is 5.71. The Morgan fingerprint density at radius 1 is 1.50 bits per heavy atom. The first-order chi connectivity index (χ1) is 7.69. The molecule has 2 aromatic rings. The lowest BCUT2D eigenvalue weighted by Crippen LogP contribution is -2.15. The van der Waals surface area contributed by atoms with Crippen LogP contribution in [0.2, 0.25) is 0 Å². The maximum atomic E-state index is 5.71. The molecule has 0 saturated carbocycles. The normalized spacial score (nSPS) is 12.9. The number of hydrogen-bond donors (Lipinski definition) is 3. The number of aromatic nitrogens is 2. The Kier molecular flexibility index (Phi) is 2.99. The molecule has 4 heteroatoms. The molecule has 1 aromatic carbocycles. The van der Waals surface area contributed by atoms with Gasteiger partial charge in [0.05, 0.1) is 11.0 Å². The van der Waals surface area contributed by atoms with Gasteiger partial charge >= 0.3 is 0 Å². The molecule has 4 nitrogen and oxygen atoms in total. The second kappa shape index (κ2) is 4.43. The standard InChI is InChI=1S/C12H18N4/c1-3-4-8(2)14-12-15-10-6-5-9(13)7-11(10)16-12/h5-8H,3-4,13H2,1-2H3,(H2,14,15,16). The second-order valence-electron chi connectivity index (χ2n) is 4.20. The monoisotopic (exact) mass is 218 g/mol. The first kappa shape index (κ1) is 10.8. The molecule has 0 aliphatic heterocycles. The van der Waals surface area contributed by atoms with Crippen molar-refractivity contribution in [2.75, 3.05) is 11.1 Å². The molecule has 2 rings (SSSR count). The Balaban J connectivity index is 2.19. The van der Waals surface area contributed by atoms with Gasteiger partial charge in [-0.1, -0.05) is 13.3 Å². The molecule has 0 amide bonds. The number of aromatic amines is 1. The van der Waals surface area contributed by atoms with Gasteiger partial charge in [0, 0.05) is 11.7 Å². The van der Waals surface area contributed by atoms with Crippen LogP contribution in [0.25, 0.3) is 11.0 Å². The number of nitrogens with one attached hydrogen (secondary N) is 2. The highest BCUT2D eigenvalue weighted by atomic mass is 15.1. The summed E-state index contributed by atoms with van der Waals surface area (Å²) in [5.74, 6) is 0.821. The highest BCUT2D eigenvalue weighted by Crippen LogP contribution is 2.17. The molecule has 86 valence electrons. The van der Waals surface area contributed by atoms with Gasteiger partial charge in [0.2, 0.25) is 5.95 Å². The average Bonchev–Trinajstić information content (AvgIpc) is 2.59. The fraction of sp³-hybridized carbons (Fsp3) is 0.417. The molecule has 16 heavy (non-hydrogen) atoms. The van der Waals surface area contributed by atoms with Crippen LogP contribution in [0.3, 0.4) is 0 Å². The van der Waals surface area contributed by atoms with Crippen molar-refractivity contribution in [3.05, 3.63) is 18.2 Å². The molecule has 0 spiro atoms. The Morgan fingerprint density at radius 3 is 3.06 bits per heavy atom. The summed E-state index contributed by atoms with van der Waals surface area (Å²) in [4.78, 5) is 7.68. The molecule has 0 saturated heterocycles. The first-order valence-corrected chi connectivity index (χ1v) is 5.71. The Hall–Kier alpha value is -1.71. The number of fused-ring (bicyclic) bond motifs is 1. The Bertz CT molecular complexity index is 475. The van der Waals surface area contributed by atoms with Crippen LogP contribution in [-0.4, -0.2) is 16.0 Å². The maximum absolute atomic E-state index is 5.71. The van der Waals surface area contributed by atoms with Crippen LogP contribution in [-0.2, 0) is 0 Å². The van der Waals surface area contributed by atoms with Gasteiger partial charge in [0.1, 0.15) is 0 Å². The summed E-state index contributed by atoms with van der Waals surface area (Å²) in [5, 5.41) is 3.34. The third-order valence-corrected chi connectivity index (χ3v) is 2.61. The zero-order chi connectivity index (χ0) is 11.5. The summed E-state index contributed by atoms with van der Waals surface area (Å²) in [5.41, 5.74) is 8.39. The number of H-pyrrole nitrogens is 1. The third-order valence-electron chi connectivity index (χ3n) is 2.61. The van der Waals surface area contributed by atoms with Crippen molar-refractivity contribution in [2.24, 2.45) is 0 Å². The molecular weight excluding hydrogens is 200 g/mol. The minimum Gasteiger partial charge on any atom is -0.399 e. The highest BCUT2D eigenvalue weighted by Gasteiger charge is 2.05. The lowest BCUT2D eigenvalue weighted by molar-refractivity contribution is 0.685. The van der Waals surface area contributed by atoms with Crippen LogP contribution < -0.4 is 11.1 Å². The molecule has 0 radical (unpaired) electrons. The summed E-state index contributed by atoms with van der Waals surface area (Å²) < 4.78 is 0. The summed E-state index contributed by atoms with van der Waals surface area (Å²) in [6.07, 6.45) is 2.31. The molecule has 1 heterocycles. The van der Waals surface area contributed by atoms with E-state index >= 15 is 0 Å². The van der Waals surface area contributed by atoms with Gasteiger partial charge in [0.15, 0.2) is 0 Å². The summed E-state index contributed by atoms with van der Waals surface area (Å²) in [6, 6.07) is 6.12. The van der Waals surface area contributed by atoms with Crippen molar-refractivity contribution in [2.45, 2.75) is 32.7 Å². The molecule has 0 fully saturated rings. The van der Waals surface area contributed by atoms with E-state index in [4.69, 9.17) is 5.73 Å². The van der Waals surface area contributed by atoms with Crippen molar-refractivity contribution < 1.29 is 0 Å². The predicted molar refractivity (Wildman–Crippen MR) is 68.5 cm³/mol. The van der Waals surface area contributed by atoms with Gasteiger partial charge in [-0.15, -0.1) is 0 Å². The van der Waals surface area contributed by atoms with Gasteiger partial charge in [-0.25, -0.2) is 4.98 Å². The minimum atomic E-state index is 0.433. The lowest BCUT2D eigenvalue weighted by Gasteiger charge is -2.10. The zero-order valence-electron chi connectivity index (χ0n) is 9.75. The van der Waals surface area contributed by atoms with Crippen LogP contribution in [0.5, 0.6) is 0 Å². The summed E-state index contributed by atoms with van der Waals surface area (Å²) >= 11 is 0. The van der Waals surface area contributed by atoms with E-state index in [2.05, 4.69) is 29.1 Å². The molecule has 1 unspecified atom stereocenters. The van der Waals surface area contributed by atoms with E-state index in [1.165, 1.54) is 6.42 Å². The quantitative estimate of drug-likeness (QED) is 0.691. The van der Waals surface area contributed by atoms with Crippen molar-refractivity contribution in [3.63, 3.8) is 0 Å². The fourth-order valence-corrected chi connectivity index (χ4v) is 1.83. The van der Waals surface area contributed by atoms with E-state index in [9.17, 15) is 0 Å². The van der Waals surface area contributed by atoms with E-state index in [-0.39, 0.29) is 0 Å². The zero-order valence-corrected chi connectivity index (χ0v) is 9.75. The Labute approximate surface area is 95.3 Å². The topological polar surface area (TPSA) is 66.7 Å². The molecule has 1 atom stereocenters. The number of nitrogens with two attached hydrogens (primary N) is 1. The molecule has 1 aromatic heterocycles. The fourth-order valence-electron chi connectivity index (χ4n) is 1.83. The molecule has 0 bridgehead atoms. The molecule has 0 aliphatic carbocycles. The minimum absolute atomic E-state index is 0.433. The van der Waals surface area contributed by atoms with Crippen molar-refractivity contribution in [1.29, 1.82) is 0 Å².